The molecule has 0 radical (unpaired) electrons. The van der Waals surface area contributed by atoms with Crippen molar-refractivity contribution in [2.24, 2.45) is 5.84 Å². The van der Waals surface area contributed by atoms with E-state index in [1.807, 2.05) is 11.6 Å². The van der Waals surface area contributed by atoms with Gasteiger partial charge in [0.2, 0.25) is 0 Å². The van der Waals surface area contributed by atoms with Crippen molar-refractivity contribution in [3.05, 3.63) is 28.5 Å². The molecule has 0 saturated heterocycles. The van der Waals surface area contributed by atoms with Crippen molar-refractivity contribution in [1.29, 1.82) is 0 Å². The molecule has 0 spiro atoms. The molecule has 2 aromatic rings. The molecular weight excluding hydrogens is 272 g/mol. The van der Waals surface area contributed by atoms with E-state index in [9.17, 15) is 0 Å². The van der Waals surface area contributed by atoms with Crippen LogP contribution in [0.3, 0.4) is 0 Å². The van der Waals surface area contributed by atoms with Gasteiger partial charge < -0.3 is 10.7 Å². The fourth-order valence-corrected chi connectivity index (χ4v) is 2.73. The Bertz CT molecular complexity index is 552. The van der Waals surface area contributed by atoms with Gasteiger partial charge in [-0.25, -0.2) is 20.8 Å². The number of nitrogens with one attached hydrogen (secondary N) is 2. The number of rotatable bonds is 6. The Morgan fingerprint density at radius 1 is 1.25 bits per heavy atom. The Morgan fingerprint density at radius 2 is 2.00 bits per heavy atom. The Kier molecular flexibility index (Phi) is 4.51. The third-order valence-electron chi connectivity index (χ3n) is 2.98. The number of nitrogen functional groups attached to an aromatic ring is 1. The molecule has 0 aliphatic heterocycles. The third-order valence-corrected chi connectivity index (χ3v) is 4.08. The lowest BCUT2D eigenvalue weighted by atomic mass is 10.1. The molecule has 0 atom stereocenters. The predicted octanol–water partition coefficient (Wildman–Crippen LogP) is 2.52. The number of nitrogens with zero attached hydrogens (tertiary/aromatic N) is 3. The van der Waals surface area contributed by atoms with Gasteiger partial charge in [-0.1, -0.05) is 13.3 Å². The van der Waals surface area contributed by atoms with E-state index in [4.69, 9.17) is 5.84 Å². The molecule has 0 fully saturated rings. The van der Waals surface area contributed by atoms with E-state index >= 15 is 0 Å². The fraction of sp³-hybridized carbons (Fsp3) is 0.462. The van der Waals surface area contributed by atoms with Gasteiger partial charge >= 0.3 is 0 Å². The van der Waals surface area contributed by atoms with E-state index in [2.05, 4.69) is 46.5 Å². The monoisotopic (exact) mass is 292 g/mol. The Labute approximate surface area is 122 Å². The fourth-order valence-electron chi connectivity index (χ4n) is 2.01. The van der Waals surface area contributed by atoms with Crippen molar-refractivity contribution in [2.75, 3.05) is 10.7 Å². The number of hydrogen-bond acceptors (Lipinski definition) is 7. The summed E-state index contributed by atoms with van der Waals surface area (Å²) in [6.07, 6.45) is 5.17. The van der Waals surface area contributed by atoms with Gasteiger partial charge in [0, 0.05) is 17.1 Å². The van der Waals surface area contributed by atoms with Crippen LogP contribution in [-0.4, -0.2) is 15.0 Å². The average molecular weight is 292 g/mol. The van der Waals surface area contributed by atoms with Crippen LogP contribution >= 0.6 is 11.3 Å². The zero-order valence-electron chi connectivity index (χ0n) is 12.0. The number of thiazole rings is 1. The second-order valence-electron chi connectivity index (χ2n) is 5.03. The van der Waals surface area contributed by atoms with Crippen molar-refractivity contribution in [3.63, 3.8) is 0 Å². The smallest absolute Gasteiger partial charge is 0.148 e. The number of aromatic nitrogens is 3. The summed E-state index contributed by atoms with van der Waals surface area (Å²) < 4.78 is 0. The molecule has 108 valence electrons. The molecule has 0 aliphatic carbocycles. The van der Waals surface area contributed by atoms with Crippen LogP contribution in [0.4, 0.5) is 11.6 Å². The molecule has 2 aromatic heterocycles. The summed E-state index contributed by atoms with van der Waals surface area (Å²) in [4.78, 5) is 12.9. The first kappa shape index (κ1) is 14.7. The summed E-state index contributed by atoms with van der Waals surface area (Å²) in [6, 6.07) is 0. The van der Waals surface area contributed by atoms with Crippen LogP contribution < -0.4 is 16.6 Å². The second kappa shape index (κ2) is 6.15. The van der Waals surface area contributed by atoms with Gasteiger partial charge in [-0.15, -0.1) is 11.3 Å². The summed E-state index contributed by atoms with van der Waals surface area (Å²) in [5.41, 5.74) is 3.34. The maximum atomic E-state index is 5.53. The third kappa shape index (κ3) is 3.05. The van der Waals surface area contributed by atoms with Crippen molar-refractivity contribution < 1.29 is 0 Å². The molecule has 2 rings (SSSR count). The van der Waals surface area contributed by atoms with Crippen LogP contribution in [0.25, 0.3) is 0 Å². The number of anilines is 2. The van der Waals surface area contributed by atoms with Gasteiger partial charge in [-0.2, -0.15) is 0 Å². The molecule has 4 N–H and O–H groups in total. The van der Waals surface area contributed by atoms with Crippen LogP contribution in [0.5, 0.6) is 0 Å². The molecule has 0 bridgehead atoms. The van der Waals surface area contributed by atoms with Gasteiger partial charge in [0.05, 0.1) is 5.54 Å². The first-order valence-corrected chi connectivity index (χ1v) is 7.45. The standard InChI is InChI=1S/C13H20N6S/c1-4-5-9-10(16-8-17-11(9)19-14)18-13(2,3)12-15-6-7-20-12/h6-8H,4-5,14H2,1-3H3,(H2,16,17,18,19). The van der Waals surface area contributed by atoms with Crippen LogP contribution in [0, 0.1) is 0 Å². The number of nitrogens with two attached hydrogens (primary N) is 1. The number of hydrazine groups is 1. The van der Waals surface area contributed by atoms with Crippen LogP contribution in [-0.2, 0) is 12.0 Å². The summed E-state index contributed by atoms with van der Waals surface area (Å²) in [7, 11) is 0. The van der Waals surface area contributed by atoms with Gasteiger partial charge in [0.25, 0.3) is 0 Å². The average Bonchev–Trinajstić information content (AvgIpc) is 2.95. The van der Waals surface area contributed by atoms with E-state index in [0.717, 1.165) is 29.2 Å². The SMILES string of the molecule is CCCc1c(NN)ncnc1NC(C)(C)c1nccs1. The van der Waals surface area contributed by atoms with Gasteiger partial charge in [-0.05, 0) is 20.3 Å². The van der Waals surface area contributed by atoms with E-state index in [1.165, 1.54) is 6.33 Å². The lowest BCUT2D eigenvalue weighted by Gasteiger charge is -2.26. The molecule has 7 heteroatoms. The van der Waals surface area contributed by atoms with Crippen LogP contribution in [0.1, 0.15) is 37.8 Å². The van der Waals surface area contributed by atoms with Crippen LogP contribution in [0.15, 0.2) is 17.9 Å². The summed E-state index contributed by atoms with van der Waals surface area (Å²) in [5.74, 6) is 7.00. The molecule has 0 aromatic carbocycles. The molecule has 20 heavy (non-hydrogen) atoms. The Balaban J connectivity index is 2.33. The largest absolute Gasteiger partial charge is 0.358 e. The van der Waals surface area contributed by atoms with Crippen LogP contribution in [0.2, 0.25) is 0 Å². The van der Waals surface area contributed by atoms with E-state index in [1.54, 1.807) is 11.3 Å². The van der Waals surface area contributed by atoms with Crippen molar-refractivity contribution in [1.82, 2.24) is 15.0 Å². The molecule has 0 saturated carbocycles. The minimum absolute atomic E-state index is 0.295. The minimum atomic E-state index is -0.295. The topological polar surface area (TPSA) is 88.8 Å². The molecule has 6 nitrogen and oxygen atoms in total. The molecule has 0 unspecified atom stereocenters. The molecular formula is C13H20N6S. The molecule has 2 heterocycles. The lowest BCUT2D eigenvalue weighted by Crippen LogP contribution is -2.29. The van der Waals surface area contributed by atoms with E-state index < -0.39 is 0 Å². The quantitative estimate of drug-likeness (QED) is 0.560. The first-order valence-electron chi connectivity index (χ1n) is 6.57. The maximum Gasteiger partial charge on any atom is 0.148 e. The lowest BCUT2D eigenvalue weighted by molar-refractivity contribution is 0.599. The zero-order valence-corrected chi connectivity index (χ0v) is 12.8. The van der Waals surface area contributed by atoms with Crippen molar-refractivity contribution in [2.45, 2.75) is 39.2 Å². The van der Waals surface area contributed by atoms with E-state index in [0.29, 0.717) is 5.82 Å². The second-order valence-corrected chi connectivity index (χ2v) is 5.93. The highest BCUT2D eigenvalue weighted by atomic mass is 32.1. The number of hydrogen-bond donors (Lipinski definition) is 3. The van der Waals surface area contributed by atoms with Gasteiger partial charge in [-0.3, -0.25) is 0 Å². The minimum Gasteiger partial charge on any atom is -0.358 e. The maximum absolute atomic E-state index is 5.53. The van der Waals surface area contributed by atoms with Crippen molar-refractivity contribution >= 4 is 23.0 Å². The molecule has 0 aliphatic rings. The molecule has 0 amide bonds. The Hall–Kier alpha value is -1.73. The normalized spacial score (nSPS) is 11.4. The predicted molar refractivity (Wildman–Crippen MR) is 82.6 cm³/mol. The van der Waals surface area contributed by atoms with Crippen molar-refractivity contribution in [3.8, 4) is 0 Å². The summed E-state index contributed by atoms with van der Waals surface area (Å²) in [6.45, 7) is 6.28. The zero-order chi connectivity index (χ0) is 14.6. The Morgan fingerprint density at radius 3 is 2.60 bits per heavy atom. The highest BCUT2D eigenvalue weighted by molar-refractivity contribution is 7.09. The highest BCUT2D eigenvalue weighted by Gasteiger charge is 2.25. The van der Waals surface area contributed by atoms with Gasteiger partial charge in [0.1, 0.15) is 23.0 Å². The summed E-state index contributed by atoms with van der Waals surface area (Å²) >= 11 is 1.62. The van der Waals surface area contributed by atoms with E-state index in [-0.39, 0.29) is 5.54 Å². The summed E-state index contributed by atoms with van der Waals surface area (Å²) in [5, 5.41) is 6.44. The highest BCUT2D eigenvalue weighted by Crippen LogP contribution is 2.29. The van der Waals surface area contributed by atoms with Gasteiger partial charge in [0.15, 0.2) is 0 Å². The first-order chi connectivity index (χ1) is 9.58.